The zero-order chi connectivity index (χ0) is 22.1. The summed E-state index contributed by atoms with van der Waals surface area (Å²) in [5.41, 5.74) is 0.936. The quantitative estimate of drug-likeness (QED) is 0.486. The van der Waals surface area contributed by atoms with Gasteiger partial charge in [-0.2, -0.15) is 0 Å². The van der Waals surface area contributed by atoms with Crippen molar-refractivity contribution in [2.75, 3.05) is 24.4 Å². The van der Waals surface area contributed by atoms with Gasteiger partial charge in [0.2, 0.25) is 0 Å². The Morgan fingerprint density at radius 3 is 2.29 bits per heavy atom. The lowest BCUT2D eigenvalue weighted by Crippen LogP contribution is -2.29. The number of benzene rings is 3. The van der Waals surface area contributed by atoms with Crippen LogP contribution in [0.1, 0.15) is 31.1 Å². The first kappa shape index (κ1) is 20.0. The van der Waals surface area contributed by atoms with Crippen LogP contribution in [0.5, 0.6) is 17.2 Å². The molecule has 0 saturated heterocycles. The minimum atomic E-state index is -0.553. The molecule has 0 aliphatic carbocycles. The van der Waals surface area contributed by atoms with Crippen molar-refractivity contribution in [3.63, 3.8) is 0 Å². The maximum Gasteiger partial charge on any atom is 0.266 e. The van der Waals surface area contributed by atoms with Gasteiger partial charge in [-0.3, -0.25) is 14.4 Å². The Morgan fingerprint density at radius 1 is 0.871 bits per heavy atom. The highest BCUT2D eigenvalue weighted by Gasteiger charge is 2.38. The smallest absolute Gasteiger partial charge is 0.266 e. The number of carbonyl (C=O) groups is 3. The average Bonchev–Trinajstić information content (AvgIpc) is 3.04. The number of para-hydroxylation sites is 3. The molecule has 8 heteroatoms. The van der Waals surface area contributed by atoms with Gasteiger partial charge >= 0.3 is 0 Å². The number of methoxy groups -OCH3 is 2. The van der Waals surface area contributed by atoms with Crippen LogP contribution in [-0.4, -0.2) is 37.0 Å². The second kappa shape index (κ2) is 7.83. The Labute approximate surface area is 177 Å². The van der Waals surface area contributed by atoms with E-state index in [1.165, 1.54) is 38.5 Å². The van der Waals surface area contributed by atoms with Gasteiger partial charge in [-0.05, 0) is 42.5 Å². The Hall–Kier alpha value is -4.33. The van der Waals surface area contributed by atoms with E-state index in [-0.39, 0.29) is 33.9 Å². The number of fused-ring (bicyclic) bond motifs is 1. The molecule has 1 aliphatic rings. The fourth-order valence-electron chi connectivity index (χ4n) is 3.40. The molecule has 3 aromatic carbocycles. The summed E-state index contributed by atoms with van der Waals surface area (Å²) in [5.74, 6) is -1.23. The van der Waals surface area contributed by atoms with Crippen molar-refractivity contribution in [3.8, 4) is 17.2 Å². The average molecular weight is 418 g/mol. The molecule has 0 spiro atoms. The number of phenolic OH excluding ortho intramolecular Hbond substituents is 1. The number of rotatable bonds is 5. The van der Waals surface area contributed by atoms with Gasteiger partial charge in [0.1, 0.15) is 5.75 Å². The fourth-order valence-corrected chi connectivity index (χ4v) is 3.40. The van der Waals surface area contributed by atoms with Crippen molar-refractivity contribution in [1.82, 2.24) is 0 Å². The number of aromatic hydroxyl groups is 1. The molecule has 1 aliphatic heterocycles. The summed E-state index contributed by atoms with van der Waals surface area (Å²) in [6, 6.07) is 15.6. The van der Waals surface area contributed by atoms with Crippen LogP contribution in [0.15, 0.2) is 60.7 Å². The van der Waals surface area contributed by atoms with Crippen molar-refractivity contribution in [2.45, 2.75) is 0 Å². The lowest BCUT2D eigenvalue weighted by atomic mass is 10.1. The topological polar surface area (TPSA) is 105 Å². The number of amides is 3. The van der Waals surface area contributed by atoms with Crippen molar-refractivity contribution >= 4 is 29.1 Å². The van der Waals surface area contributed by atoms with Crippen molar-refractivity contribution in [2.24, 2.45) is 0 Å². The van der Waals surface area contributed by atoms with Crippen LogP contribution in [0.2, 0.25) is 0 Å². The second-order valence-electron chi connectivity index (χ2n) is 6.69. The number of hydrogen-bond acceptors (Lipinski definition) is 6. The molecule has 156 valence electrons. The van der Waals surface area contributed by atoms with Crippen LogP contribution in [0.25, 0.3) is 0 Å². The normalized spacial score (nSPS) is 12.5. The van der Waals surface area contributed by atoms with E-state index in [9.17, 15) is 19.5 Å². The molecule has 3 amide bonds. The van der Waals surface area contributed by atoms with E-state index in [1.54, 1.807) is 36.4 Å². The zero-order valence-electron chi connectivity index (χ0n) is 16.7. The SMILES string of the molecule is COc1ccccc1N1C(=O)c2ccc(C(=O)Nc3cccc(OC)c3O)cc2C1=O. The highest BCUT2D eigenvalue weighted by Crippen LogP contribution is 2.36. The number of ether oxygens (including phenoxy) is 2. The molecule has 0 aromatic heterocycles. The highest BCUT2D eigenvalue weighted by molar-refractivity contribution is 6.35. The van der Waals surface area contributed by atoms with Crippen LogP contribution in [-0.2, 0) is 0 Å². The molecule has 0 fully saturated rings. The summed E-state index contributed by atoms with van der Waals surface area (Å²) in [6.45, 7) is 0. The van der Waals surface area contributed by atoms with Gasteiger partial charge in [-0.1, -0.05) is 18.2 Å². The summed E-state index contributed by atoms with van der Waals surface area (Å²) >= 11 is 0. The molecule has 31 heavy (non-hydrogen) atoms. The first-order chi connectivity index (χ1) is 15.0. The Morgan fingerprint density at radius 2 is 1.55 bits per heavy atom. The molecular formula is C23H18N2O6. The number of carbonyl (C=O) groups excluding carboxylic acids is 3. The molecular weight excluding hydrogens is 400 g/mol. The van der Waals surface area contributed by atoms with E-state index in [0.717, 1.165) is 4.90 Å². The first-order valence-corrected chi connectivity index (χ1v) is 9.29. The first-order valence-electron chi connectivity index (χ1n) is 9.29. The lowest BCUT2D eigenvalue weighted by molar-refractivity contribution is 0.0924. The number of nitrogens with zero attached hydrogens (tertiary/aromatic N) is 1. The molecule has 8 nitrogen and oxygen atoms in total. The number of hydrogen-bond donors (Lipinski definition) is 2. The van der Waals surface area contributed by atoms with E-state index in [1.807, 2.05) is 0 Å². The summed E-state index contributed by atoms with van der Waals surface area (Å²) in [6.07, 6.45) is 0. The molecule has 0 unspecified atom stereocenters. The van der Waals surface area contributed by atoms with Crippen LogP contribution < -0.4 is 19.7 Å². The molecule has 3 aromatic rings. The molecule has 0 bridgehead atoms. The third-order valence-electron chi connectivity index (χ3n) is 4.94. The van der Waals surface area contributed by atoms with E-state index in [2.05, 4.69) is 5.32 Å². The lowest BCUT2D eigenvalue weighted by Gasteiger charge is -2.16. The molecule has 1 heterocycles. The maximum atomic E-state index is 13.0. The molecule has 0 saturated carbocycles. The van der Waals surface area contributed by atoms with Crippen LogP contribution in [0, 0.1) is 0 Å². The highest BCUT2D eigenvalue weighted by atomic mass is 16.5. The van der Waals surface area contributed by atoms with E-state index in [4.69, 9.17) is 9.47 Å². The summed E-state index contributed by atoms with van der Waals surface area (Å²) in [5, 5.41) is 12.8. The third-order valence-corrected chi connectivity index (χ3v) is 4.94. The summed E-state index contributed by atoms with van der Waals surface area (Å²) < 4.78 is 10.3. The fraction of sp³-hybridized carbons (Fsp3) is 0.0870. The Bertz CT molecular complexity index is 1220. The number of nitrogens with one attached hydrogen (secondary N) is 1. The third kappa shape index (κ3) is 3.33. The van der Waals surface area contributed by atoms with Crippen LogP contribution in [0.3, 0.4) is 0 Å². The number of anilines is 2. The number of phenols is 1. The molecule has 4 rings (SSSR count). The molecule has 0 radical (unpaired) electrons. The summed E-state index contributed by atoms with van der Waals surface area (Å²) in [7, 11) is 2.85. The van der Waals surface area contributed by atoms with E-state index >= 15 is 0 Å². The van der Waals surface area contributed by atoms with Crippen molar-refractivity contribution < 1.29 is 29.0 Å². The van der Waals surface area contributed by atoms with Gasteiger partial charge in [-0.25, -0.2) is 4.90 Å². The standard InChI is InChI=1S/C23H18N2O6/c1-30-18-8-4-3-7-17(18)25-22(28)14-11-10-13(12-15(14)23(25)29)21(27)24-16-6-5-9-19(31-2)20(16)26/h3-12,26H,1-2H3,(H,24,27). The number of imide groups is 1. The Kier molecular flexibility index (Phi) is 5.04. The maximum absolute atomic E-state index is 13.0. The van der Waals surface area contributed by atoms with Gasteiger partial charge in [-0.15, -0.1) is 0 Å². The summed E-state index contributed by atoms with van der Waals surface area (Å²) in [4.78, 5) is 39.6. The van der Waals surface area contributed by atoms with E-state index < -0.39 is 17.7 Å². The van der Waals surface area contributed by atoms with Gasteiger partial charge in [0.15, 0.2) is 11.5 Å². The Balaban J connectivity index is 1.65. The molecule has 2 N–H and O–H groups in total. The van der Waals surface area contributed by atoms with Crippen molar-refractivity contribution in [1.29, 1.82) is 0 Å². The minimum absolute atomic E-state index is 0.110. The zero-order valence-corrected chi connectivity index (χ0v) is 16.7. The van der Waals surface area contributed by atoms with Gasteiger partial charge in [0.05, 0.1) is 36.7 Å². The van der Waals surface area contributed by atoms with Crippen LogP contribution >= 0.6 is 0 Å². The minimum Gasteiger partial charge on any atom is -0.503 e. The predicted octanol–water partition coefficient (Wildman–Crippen LogP) is 3.46. The van der Waals surface area contributed by atoms with Gasteiger partial charge in [0, 0.05) is 5.56 Å². The van der Waals surface area contributed by atoms with Crippen molar-refractivity contribution in [3.05, 3.63) is 77.4 Å². The molecule has 0 atom stereocenters. The predicted molar refractivity (Wildman–Crippen MR) is 113 cm³/mol. The van der Waals surface area contributed by atoms with Gasteiger partial charge in [0.25, 0.3) is 17.7 Å². The largest absolute Gasteiger partial charge is 0.503 e. The van der Waals surface area contributed by atoms with E-state index in [0.29, 0.717) is 11.4 Å². The second-order valence-corrected chi connectivity index (χ2v) is 6.69. The van der Waals surface area contributed by atoms with Crippen LogP contribution in [0.4, 0.5) is 11.4 Å². The monoisotopic (exact) mass is 418 g/mol. The van der Waals surface area contributed by atoms with Gasteiger partial charge < -0.3 is 19.9 Å².